The Balaban J connectivity index is 2.13. The number of nitrogens with zero attached hydrogens (tertiary/aromatic N) is 2. The average Bonchev–Trinajstić information content (AvgIpc) is 3.01. The second-order valence-electron chi connectivity index (χ2n) is 5.77. The summed E-state index contributed by atoms with van der Waals surface area (Å²) in [5, 5.41) is 7.31. The first kappa shape index (κ1) is 15.9. The summed E-state index contributed by atoms with van der Waals surface area (Å²) in [6.45, 7) is 3.78. The number of halogens is 1. The summed E-state index contributed by atoms with van der Waals surface area (Å²) in [5.74, 6) is -0.616. The maximum absolute atomic E-state index is 14.1. The molecule has 0 aliphatic heterocycles. The van der Waals surface area contributed by atoms with Crippen molar-refractivity contribution in [3.63, 3.8) is 0 Å². The first-order chi connectivity index (χ1) is 11.6. The van der Waals surface area contributed by atoms with E-state index in [2.05, 4.69) is 10.4 Å². The Morgan fingerprint density at radius 2 is 1.75 bits per heavy atom. The topological polar surface area (TPSA) is 46.9 Å². The van der Waals surface area contributed by atoms with Crippen LogP contribution in [0.25, 0.3) is 16.9 Å². The van der Waals surface area contributed by atoms with Crippen molar-refractivity contribution in [2.45, 2.75) is 19.9 Å². The molecule has 0 aliphatic rings. The Labute approximate surface area is 139 Å². The van der Waals surface area contributed by atoms with Crippen LogP contribution >= 0.6 is 0 Å². The molecule has 24 heavy (non-hydrogen) atoms. The van der Waals surface area contributed by atoms with Gasteiger partial charge in [-0.15, -0.1) is 0 Å². The predicted octanol–water partition coefficient (Wildman–Crippen LogP) is 3.82. The van der Waals surface area contributed by atoms with Crippen LogP contribution in [-0.4, -0.2) is 21.7 Å². The van der Waals surface area contributed by atoms with Crippen LogP contribution in [-0.2, 0) is 0 Å². The van der Waals surface area contributed by atoms with Gasteiger partial charge in [0.1, 0.15) is 11.5 Å². The lowest BCUT2D eigenvalue weighted by Gasteiger charge is -2.10. The van der Waals surface area contributed by atoms with Crippen LogP contribution in [0.2, 0.25) is 0 Å². The largest absolute Gasteiger partial charge is 0.349 e. The maximum Gasteiger partial charge on any atom is 0.270 e. The molecule has 1 aromatic heterocycles. The number of rotatable bonds is 4. The molecule has 0 fully saturated rings. The summed E-state index contributed by atoms with van der Waals surface area (Å²) in [5.41, 5.74) is 1.90. The van der Waals surface area contributed by atoms with Crippen LogP contribution in [0, 0.1) is 5.82 Å². The zero-order valence-electron chi connectivity index (χ0n) is 13.5. The first-order valence-electron chi connectivity index (χ1n) is 7.77. The lowest BCUT2D eigenvalue weighted by Crippen LogP contribution is -2.31. The minimum Gasteiger partial charge on any atom is -0.349 e. The van der Waals surface area contributed by atoms with Crippen LogP contribution < -0.4 is 5.32 Å². The van der Waals surface area contributed by atoms with Gasteiger partial charge in [0, 0.05) is 11.6 Å². The number of amides is 1. The van der Waals surface area contributed by atoms with E-state index >= 15 is 0 Å². The highest BCUT2D eigenvalue weighted by Gasteiger charge is 2.19. The Morgan fingerprint density at radius 3 is 2.42 bits per heavy atom. The van der Waals surface area contributed by atoms with E-state index < -0.39 is 0 Å². The monoisotopic (exact) mass is 323 g/mol. The van der Waals surface area contributed by atoms with Crippen molar-refractivity contribution in [2.75, 3.05) is 0 Å². The van der Waals surface area contributed by atoms with Gasteiger partial charge in [-0.1, -0.05) is 30.3 Å². The molecular weight excluding hydrogens is 305 g/mol. The fraction of sp³-hybridized carbons (Fsp3) is 0.158. The summed E-state index contributed by atoms with van der Waals surface area (Å²) < 4.78 is 15.6. The minimum atomic E-state index is -0.369. The fourth-order valence-corrected chi connectivity index (χ4v) is 2.45. The molecule has 0 aliphatic carbocycles. The molecule has 0 spiro atoms. The molecule has 3 aromatic rings. The summed E-state index contributed by atoms with van der Waals surface area (Å²) in [4.78, 5) is 12.5. The molecule has 0 saturated heterocycles. The predicted molar refractivity (Wildman–Crippen MR) is 91.6 cm³/mol. The maximum atomic E-state index is 14.1. The summed E-state index contributed by atoms with van der Waals surface area (Å²) in [6.07, 6.45) is 0. The molecule has 2 aromatic carbocycles. The van der Waals surface area contributed by atoms with E-state index in [1.165, 1.54) is 6.07 Å². The first-order valence-corrected chi connectivity index (χ1v) is 7.77. The molecule has 0 unspecified atom stereocenters. The van der Waals surface area contributed by atoms with Crippen molar-refractivity contribution in [1.29, 1.82) is 0 Å². The number of hydrogen-bond acceptors (Lipinski definition) is 2. The molecule has 0 saturated carbocycles. The van der Waals surface area contributed by atoms with Gasteiger partial charge in [0.25, 0.3) is 5.91 Å². The van der Waals surface area contributed by atoms with Gasteiger partial charge in [0.15, 0.2) is 0 Å². The van der Waals surface area contributed by atoms with E-state index in [0.717, 1.165) is 5.69 Å². The average molecular weight is 323 g/mol. The number of para-hydroxylation sites is 1. The second kappa shape index (κ2) is 6.66. The van der Waals surface area contributed by atoms with E-state index in [1.807, 2.05) is 44.2 Å². The minimum absolute atomic E-state index is 0.00599. The lowest BCUT2D eigenvalue weighted by molar-refractivity contribution is 0.0935. The Kier molecular flexibility index (Phi) is 4.42. The van der Waals surface area contributed by atoms with Gasteiger partial charge in [0.2, 0.25) is 0 Å². The Hall–Kier alpha value is -2.95. The normalized spacial score (nSPS) is 10.8. The highest BCUT2D eigenvalue weighted by atomic mass is 19.1. The van der Waals surface area contributed by atoms with Gasteiger partial charge < -0.3 is 5.32 Å². The molecule has 3 rings (SSSR count). The number of carbonyl (C=O) groups excluding carboxylic acids is 1. The van der Waals surface area contributed by atoms with E-state index in [1.54, 1.807) is 28.9 Å². The smallest absolute Gasteiger partial charge is 0.270 e. The Morgan fingerprint density at radius 1 is 1.08 bits per heavy atom. The quantitative estimate of drug-likeness (QED) is 0.793. The van der Waals surface area contributed by atoms with Crippen molar-refractivity contribution in [2.24, 2.45) is 0 Å². The molecule has 4 nitrogen and oxygen atoms in total. The van der Waals surface area contributed by atoms with Gasteiger partial charge in [-0.2, -0.15) is 5.10 Å². The molecule has 0 atom stereocenters. The highest BCUT2D eigenvalue weighted by molar-refractivity contribution is 5.94. The number of benzene rings is 2. The number of hydrogen-bond donors (Lipinski definition) is 1. The molecule has 1 N–H and O–H groups in total. The van der Waals surface area contributed by atoms with Crippen molar-refractivity contribution in [3.8, 4) is 16.9 Å². The standard InChI is InChI=1S/C19H18FN3O/c1-13(2)21-19(24)18-12-17(15-10-6-7-11-16(15)20)22-23(18)14-8-4-3-5-9-14/h3-13H,1-2H3,(H,21,24). The Bertz CT molecular complexity index is 856. The number of aromatic nitrogens is 2. The van der Waals surface area contributed by atoms with Gasteiger partial charge in [-0.25, -0.2) is 9.07 Å². The molecular formula is C19H18FN3O. The highest BCUT2D eigenvalue weighted by Crippen LogP contribution is 2.24. The molecule has 5 heteroatoms. The van der Waals surface area contributed by atoms with Crippen LogP contribution in [0.3, 0.4) is 0 Å². The van der Waals surface area contributed by atoms with Gasteiger partial charge in [-0.05, 0) is 44.2 Å². The summed E-state index contributed by atoms with van der Waals surface area (Å²) in [6, 6.07) is 17.3. The van der Waals surface area contributed by atoms with E-state index in [0.29, 0.717) is 17.0 Å². The third-order valence-corrected chi connectivity index (χ3v) is 3.51. The van der Waals surface area contributed by atoms with Crippen molar-refractivity contribution in [3.05, 3.63) is 72.2 Å². The zero-order chi connectivity index (χ0) is 17.1. The van der Waals surface area contributed by atoms with Crippen LogP contribution in [0.4, 0.5) is 4.39 Å². The molecule has 122 valence electrons. The second-order valence-corrected chi connectivity index (χ2v) is 5.77. The summed E-state index contributed by atoms with van der Waals surface area (Å²) >= 11 is 0. The van der Waals surface area contributed by atoms with Gasteiger partial charge in [-0.3, -0.25) is 4.79 Å². The molecule has 1 amide bonds. The third kappa shape index (κ3) is 3.20. The lowest BCUT2D eigenvalue weighted by atomic mass is 10.1. The summed E-state index contributed by atoms with van der Waals surface area (Å²) in [7, 11) is 0. The SMILES string of the molecule is CC(C)NC(=O)c1cc(-c2ccccc2F)nn1-c1ccccc1. The third-order valence-electron chi connectivity index (χ3n) is 3.51. The van der Waals surface area contributed by atoms with Crippen molar-refractivity contribution in [1.82, 2.24) is 15.1 Å². The van der Waals surface area contributed by atoms with E-state index in [4.69, 9.17) is 0 Å². The van der Waals surface area contributed by atoms with Crippen LogP contribution in [0.5, 0.6) is 0 Å². The number of carbonyl (C=O) groups is 1. The fourth-order valence-electron chi connectivity index (χ4n) is 2.45. The van der Waals surface area contributed by atoms with Crippen molar-refractivity contribution < 1.29 is 9.18 Å². The molecule has 0 bridgehead atoms. The van der Waals surface area contributed by atoms with Crippen LogP contribution in [0.1, 0.15) is 24.3 Å². The van der Waals surface area contributed by atoms with Gasteiger partial charge >= 0.3 is 0 Å². The van der Waals surface area contributed by atoms with Crippen molar-refractivity contribution >= 4 is 5.91 Å². The molecule has 1 heterocycles. The number of nitrogens with one attached hydrogen (secondary N) is 1. The van der Waals surface area contributed by atoms with E-state index in [-0.39, 0.29) is 17.8 Å². The van der Waals surface area contributed by atoms with Gasteiger partial charge in [0.05, 0.1) is 11.4 Å². The molecule has 0 radical (unpaired) electrons. The zero-order valence-corrected chi connectivity index (χ0v) is 13.5. The van der Waals surface area contributed by atoms with Crippen LogP contribution in [0.15, 0.2) is 60.7 Å². The van der Waals surface area contributed by atoms with E-state index in [9.17, 15) is 9.18 Å².